The molecule has 1 fully saturated rings. The molecule has 0 saturated heterocycles. The minimum absolute atomic E-state index is 0.0217. The second kappa shape index (κ2) is 5.06. The molecule has 1 saturated carbocycles. The Morgan fingerprint density at radius 1 is 1.28 bits per heavy atom. The summed E-state index contributed by atoms with van der Waals surface area (Å²) in [6, 6.07) is 0. The summed E-state index contributed by atoms with van der Waals surface area (Å²) in [5.41, 5.74) is -0.0217. The van der Waals surface area contributed by atoms with Gasteiger partial charge in [-0.05, 0) is 32.6 Å². The zero-order valence-electron chi connectivity index (χ0n) is 11.3. The number of aryl methyl sites for hydroxylation is 1. The van der Waals surface area contributed by atoms with Crippen LogP contribution < -0.4 is 10.2 Å². The Balaban J connectivity index is 2.17. The first kappa shape index (κ1) is 13.0. The number of anilines is 2. The zero-order valence-corrected chi connectivity index (χ0v) is 11.3. The van der Waals surface area contributed by atoms with Gasteiger partial charge in [-0.3, -0.25) is 0 Å². The number of aliphatic hydroxyl groups excluding tert-OH is 1. The van der Waals surface area contributed by atoms with Crippen molar-refractivity contribution in [3.63, 3.8) is 0 Å². The van der Waals surface area contributed by atoms with Crippen LogP contribution in [0.5, 0.6) is 0 Å². The molecule has 2 N–H and O–H groups in total. The highest BCUT2D eigenvalue weighted by Crippen LogP contribution is 2.37. The SMILES string of the molecule is Cc1nc(NC2(CCO)CCC2)nc(N(C)C)n1. The van der Waals surface area contributed by atoms with Crippen LogP contribution in [-0.2, 0) is 0 Å². The monoisotopic (exact) mass is 251 g/mol. The number of nitrogens with one attached hydrogen (secondary N) is 1. The van der Waals surface area contributed by atoms with Crippen LogP contribution >= 0.6 is 0 Å². The Bertz CT molecular complexity index is 417. The van der Waals surface area contributed by atoms with Crippen LogP contribution in [0.25, 0.3) is 0 Å². The highest BCUT2D eigenvalue weighted by Gasteiger charge is 2.37. The molecule has 1 aromatic heterocycles. The molecule has 0 atom stereocenters. The van der Waals surface area contributed by atoms with Crippen molar-refractivity contribution in [1.29, 1.82) is 0 Å². The Kier molecular flexibility index (Phi) is 3.65. The lowest BCUT2D eigenvalue weighted by Gasteiger charge is -2.42. The summed E-state index contributed by atoms with van der Waals surface area (Å²) < 4.78 is 0. The maximum absolute atomic E-state index is 9.14. The Labute approximate surface area is 107 Å². The fraction of sp³-hybridized carbons (Fsp3) is 0.750. The number of aliphatic hydroxyl groups is 1. The quantitative estimate of drug-likeness (QED) is 0.812. The van der Waals surface area contributed by atoms with Crippen molar-refractivity contribution in [3.8, 4) is 0 Å². The van der Waals surface area contributed by atoms with E-state index in [4.69, 9.17) is 5.11 Å². The summed E-state index contributed by atoms with van der Waals surface area (Å²) in [4.78, 5) is 14.8. The number of nitrogens with zero attached hydrogens (tertiary/aromatic N) is 4. The lowest BCUT2D eigenvalue weighted by atomic mass is 9.74. The molecule has 6 heteroatoms. The van der Waals surface area contributed by atoms with Crippen molar-refractivity contribution < 1.29 is 5.11 Å². The summed E-state index contributed by atoms with van der Waals surface area (Å²) >= 11 is 0. The summed E-state index contributed by atoms with van der Waals surface area (Å²) in [5, 5.41) is 12.5. The van der Waals surface area contributed by atoms with Gasteiger partial charge < -0.3 is 15.3 Å². The molecule has 0 amide bonds. The van der Waals surface area contributed by atoms with Gasteiger partial charge in [0.15, 0.2) is 0 Å². The van der Waals surface area contributed by atoms with Crippen LogP contribution in [0.1, 0.15) is 31.5 Å². The largest absolute Gasteiger partial charge is 0.396 e. The van der Waals surface area contributed by atoms with Gasteiger partial charge in [0.2, 0.25) is 11.9 Å². The number of rotatable bonds is 5. The van der Waals surface area contributed by atoms with E-state index < -0.39 is 0 Å². The van der Waals surface area contributed by atoms with Crippen molar-refractivity contribution in [3.05, 3.63) is 5.82 Å². The predicted molar refractivity (Wildman–Crippen MR) is 70.8 cm³/mol. The first-order chi connectivity index (χ1) is 8.54. The summed E-state index contributed by atoms with van der Waals surface area (Å²) in [6.07, 6.45) is 4.07. The van der Waals surface area contributed by atoms with Crippen LogP contribution in [0.4, 0.5) is 11.9 Å². The predicted octanol–water partition coefficient (Wildman–Crippen LogP) is 0.963. The van der Waals surface area contributed by atoms with E-state index >= 15 is 0 Å². The number of hydrogen-bond donors (Lipinski definition) is 2. The van der Waals surface area contributed by atoms with Crippen molar-refractivity contribution in [2.24, 2.45) is 0 Å². The van der Waals surface area contributed by atoms with Gasteiger partial charge in [0.05, 0.1) is 0 Å². The maximum atomic E-state index is 9.14. The normalized spacial score (nSPS) is 17.1. The van der Waals surface area contributed by atoms with Gasteiger partial charge in [0.25, 0.3) is 0 Å². The Hall–Kier alpha value is -1.43. The van der Waals surface area contributed by atoms with Crippen molar-refractivity contribution in [2.45, 2.75) is 38.1 Å². The van der Waals surface area contributed by atoms with E-state index in [1.807, 2.05) is 25.9 Å². The third-order valence-electron chi connectivity index (χ3n) is 3.41. The van der Waals surface area contributed by atoms with Crippen LogP contribution in [0.2, 0.25) is 0 Å². The molecule has 0 unspecified atom stereocenters. The Morgan fingerprint density at radius 3 is 2.50 bits per heavy atom. The smallest absolute Gasteiger partial charge is 0.229 e. The van der Waals surface area contributed by atoms with Gasteiger partial charge in [0.1, 0.15) is 5.82 Å². The fourth-order valence-electron chi connectivity index (χ4n) is 2.22. The Morgan fingerprint density at radius 2 is 2.00 bits per heavy atom. The molecule has 1 aliphatic rings. The fourth-order valence-corrected chi connectivity index (χ4v) is 2.22. The van der Waals surface area contributed by atoms with Crippen LogP contribution in [0.15, 0.2) is 0 Å². The molecule has 6 nitrogen and oxygen atoms in total. The minimum atomic E-state index is -0.0217. The highest BCUT2D eigenvalue weighted by molar-refractivity contribution is 5.38. The minimum Gasteiger partial charge on any atom is -0.396 e. The van der Waals surface area contributed by atoms with Crippen LogP contribution in [0.3, 0.4) is 0 Å². The first-order valence-electron chi connectivity index (χ1n) is 6.34. The average Bonchev–Trinajstić information content (AvgIpc) is 2.25. The maximum Gasteiger partial charge on any atom is 0.229 e. The van der Waals surface area contributed by atoms with E-state index in [1.165, 1.54) is 6.42 Å². The molecule has 0 spiro atoms. The third kappa shape index (κ3) is 2.69. The van der Waals surface area contributed by atoms with E-state index in [2.05, 4.69) is 20.3 Å². The molecular weight excluding hydrogens is 230 g/mol. The summed E-state index contributed by atoms with van der Waals surface area (Å²) in [7, 11) is 3.82. The van der Waals surface area contributed by atoms with E-state index in [0.29, 0.717) is 17.7 Å². The van der Waals surface area contributed by atoms with Crippen LogP contribution in [0, 0.1) is 6.92 Å². The van der Waals surface area contributed by atoms with Gasteiger partial charge in [-0.1, -0.05) is 0 Å². The molecule has 2 rings (SSSR count). The number of aromatic nitrogens is 3. The average molecular weight is 251 g/mol. The van der Waals surface area contributed by atoms with Gasteiger partial charge >= 0.3 is 0 Å². The highest BCUT2D eigenvalue weighted by atomic mass is 16.3. The van der Waals surface area contributed by atoms with Crippen molar-refractivity contribution in [1.82, 2.24) is 15.0 Å². The second-order valence-corrected chi connectivity index (χ2v) is 5.13. The molecule has 1 aromatic rings. The second-order valence-electron chi connectivity index (χ2n) is 5.13. The molecule has 0 aromatic carbocycles. The van der Waals surface area contributed by atoms with Crippen LogP contribution in [-0.4, -0.2) is 46.3 Å². The zero-order chi connectivity index (χ0) is 13.2. The molecule has 1 aliphatic carbocycles. The molecule has 0 radical (unpaired) electrons. The van der Waals surface area contributed by atoms with E-state index in [9.17, 15) is 0 Å². The molecule has 100 valence electrons. The van der Waals surface area contributed by atoms with Gasteiger partial charge in [-0.25, -0.2) is 0 Å². The van der Waals surface area contributed by atoms with Gasteiger partial charge in [-0.15, -0.1) is 0 Å². The lowest BCUT2D eigenvalue weighted by molar-refractivity contribution is 0.189. The summed E-state index contributed by atoms with van der Waals surface area (Å²) in [5.74, 6) is 1.97. The number of hydrogen-bond acceptors (Lipinski definition) is 6. The standard InChI is InChI=1S/C12H21N5O/c1-9-13-10(15-11(14-9)17(2)3)16-12(7-8-18)5-4-6-12/h18H,4-8H2,1-3H3,(H,13,14,15,16). The molecule has 0 aliphatic heterocycles. The van der Waals surface area contributed by atoms with Crippen molar-refractivity contribution in [2.75, 3.05) is 30.9 Å². The first-order valence-corrected chi connectivity index (χ1v) is 6.34. The van der Waals surface area contributed by atoms with E-state index in [-0.39, 0.29) is 12.1 Å². The lowest BCUT2D eigenvalue weighted by Crippen LogP contribution is -2.46. The molecule has 1 heterocycles. The van der Waals surface area contributed by atoms with Gasteiger partial charge in [-0.2, -0.15) is 15.0 Å². The topological polar surface area (TPSA) is 74.2 Å². The summed E-state index contributed by atoms with van der Waals surface area (Å²) in [6.45, 7) is 2.05. The van der Waals surface area contributed by atoms with E-state index in [1.54, 1.807) is 0 Å². The van der Waals surface area contributed by atoms with Crippen molar-refractivity contribution >= 4 is 11.9 Å². The van der Waals surface area contributed by atoms with E-state index in [0.717, 1.165) is 19.3 Å². The molecule has 0 bridgehead atoms. The molecular formula is C12H21N5O. The molecule has 18 heavy (non-hydrogen) atoms. The van der Waals surface area contributed by atoms with Gasteiger partial charge in [0, 0.05) is 26.2 Å². The third-order valence-corrected chi connectivity index (χ3v) is 3.41.